The van der Waals surface area contributed by atoms with Crippen molar-refractivity contribution in [2.75, 3.05) is 0 Å². The minimum atomic E-state index is 1.18. The Hall–Kier alpha value is -7.28. The maximum absolute atomic E-state index is 2.32. The van der Waals surface area contributed by atoms with E-state index in [-0.39, 0.29) is 0 Å². The molecule has 0 amide bonds. The van der Waals surface area contributed by atoms with E-state index in [0.717, 1.165) is 0 Å². The van der Waals surface area contributed by atoms with Gasteiger partial charge >= 0.3 is 0 Å². The number of fused-ring (bicyclic) bond motifs is 4. The van der Waals surface area contributed by atoms with E-state index in [1.54, 1.807) is 0 Å². The molecule has 0 aliphatic heterocycles. The van der Waals surface area contributed by atoms with E-state index in [9.17, 15) is 0 Å². The lowest BCUT2D eigenvalue weighted by molar-refractivity contribution is 1.62. The van der Waals surface area contributed by atoms with E-state index < -0.39 is 0 Å². The maximum atomic E-state index is 2.32. The van der Waals surface area contributed by atoms with Crippen LogP contribution in [-0.2, 0) is 0 Å². The number of hydrogen-bond acceptors (Lipinski definition) is 0. The zero-order valence-corrected chi connectivity index (χ0v) is 30.9. The largest absolute Gasteiger partial charge is 0.0622 e. The summed E-state index contributed by atoms with van der Waals surface area (Å²) >= 11 is 0. The van der Waals surface area contributed by atoms with Gasteiger partial charge in [0, 0.05) is 0 Å². The summed E-state index contributed by atoms with van der Waals surface area (Å²) in [6, 6.07) is 74.8. The topological polar surface area (TPSA) is 0 Å². The molecule has 0 saturated heterocycles. The Morgan fingerprint density at radius 3 is 0.768 bits per heavy atom. The molecule has 0 nitrogen and oxygen atoms in total. The maximum Gasteiger partial charge on any atom is -0.00139 e. The first kappa shape index (κ1) is 33.3. The standard InChI is InChI=1S/C56H38/c1-3-19-39(20-4-1)35-37-41-23-7-9-25-43(41)53-45-27-11-15-31-49(45)55(50-32-16-12-28-46(50)53)56-51-33-17-13-29-47(51)54(48-30-14-18-34-52(48)56)44-26-10-8-24-42(44)38-36-40-21-5-2-6-22-40/h1-38H/b37-35+,38-36+. The van der Waals surface area contributed by atoms with Crippen molar-refractivity contribution < 1.29 is 0 Å². The van der Waals surface area contributed by atoms with Gasteiger partial charge in [-0.1, -0.05) is 231 Å². The predicted octanol–water partition coefficient (Wildman–Crippen LogP) is 15.6. The summed E-state index contributed by atoms with van der Waals surface area (Å²) < 4.78 is 0. The lowest BCUT2D eigenvalue weighted by Crippen LogP contribution is -1.95. The zero-order valence-electron chi connectivity index (χ0n) is 30.9. The molecule has 0 N–H and O–H groups in total. The minimum absolute atomic E-state index is 1.18. The van der Waals surface area contributed by atoms with Gasteiger partial charge in [0.1, 0.15) is 0 Å². The lowest BCUT2D eigenvalue weighted by Gasteiger charge is -2.23. The van der Waals surface area contributed by atoms with E-state index in [2.05, 4.69) is 231 Å². The summed E-state index contributed by atoms with van der Waals surface area (Å²) in [6.07, 6.45) is 8.95. The number of rotatable bonds is 7. The molecular weight excluding hydrogens is 673 g/mol. The normalized spacial score (nSPS) is 11.8. The first-order valence-corrected chi connectivity index (χ1v) is 19.4. The Morgan fingerprint density at radius 1 is 0.196 bits per heavy atom. The van der Waals surface area contributed by atoms with Gasteiger partial charge in [-0.05, 0) is 98.7 Å². The van der Waals surface area contributed by atoms with Crippen LogP contribution in [0.5, 0.6) is 0 Å². The highest BCUT2D eigenvalue weighted by molar-refractivity contribution is 6.30. The second-order valence-electron chi connectivity index (χ2n) is 14.3. The minimum Gasteiger partial charge on any atom is -0.0622 e. The van der Waals surface area contributed by atoms with Gasteiger partial charge in [0.2, 0.25) is 0 Å². The molecule has 0 radical (unpaired) electrons. The van der Waals surface area contributed by atoms with Crippen LogP contribution in [0.15, 0.2) is 206 Å². The number of benzene rings is 10. The van der Waals surface area contributed by atoms with Gasteiger partial charge in [-0.2, -0.15) is 0 Å². The van der Waals surface area contributed by atoms with Crippen LogP contribution in [0.1, 0.15) is 22.3 Å². The van der Waals surface area contributed by atoms with E-state index in [4.69, 9.17) is 0 Å². The van der Waals surface area contributed by atoms with E-state index in [1.165, 1.54) is 98.7 Å². The van der Waals surface area contributed by atoms with Crippen molar-refractivity contribution in [3.63, 3.8) is 0 Å². The summed E-state index contributed by atoms with van der Waals surface area (Å²) in [4.78, 5) is 0. The summed E-state index contributed by atoms with van der Waals surface area (Å²) in [6.45, 7) is 0. The first-order valence-electron chi connectivity index (χ1n) is 19.4. The van der Waals surface area contributed by atoms with Crippen molar-refractivity contribution in [2.24, 2.45) is 0 Å². The highest BCUT2D eigenvalue weighted by Gasteiger charge is 2.23. The van der Waals surface area contributed by atoms with Gasteiger partial charge in [-0.25, -0.2) is 0 Å². The predicted molar refractivity (Wildman–Crippen MR) is 244 cm³/mol. The van der Waals surface area contributed by atoms with Crippen LogP contribution in [-0.4, -0.2) is 0 Å². The van der Waals surface area contributed by atoms with Gasteiger partial charge in [0.25, 0.3) is 0 Å². The van der Waals surface area contributed by atoms with Crippen LogP contribution < -0.4 is 0 Å². The molecule has 0 bridgehead atoms. The SMILES string of the molecule is C(=C\c1ccccc1-c1c2ccccc2c(-c2c3ccccc3c(-c3ccccc3/C=C/c3ccccc3)c3ccccc23)c2ccccc12)/c1ccccc1. The monoisotopic (exact) mass is 710 g/mol. The molecular formula is C56H38. The third-order valence-electron chi connectivity index (χ3n) is 11.1. The summed E-state index contributed by atoms with van der Waals surface area (Å²) in [5, 5.41) is 9.97. The summed E-state index contributed by atoms with van der Waals surface area (Å²) in [5.41, 5.74) is 12.3. The van der Waals surface area contributed by atoms with Crippen molar-refractivity contribution in [1.29, 1.82) is 0 Å². The molecule has 0 unspecified atom stereocenters. The zero-order chi connectivity index (χ0) is 37.3. The molecule has 0 heteroatoms. The van der Waals surface area contributed by atoms with Crippen LogP contribution in [0, 0.1) is 0 Å². The van der Waals surface area contributed by atoms with Crippen molar-refractivity contribution in [3.8, 4) is 33.4 Å². The third kappa shape index (κ3) is 5.89. The van der Waals surface area contributed by atoms with Crippen molar-refractivity contribution in [3.05, 3.63) is 229 Å². The fourth-order valence-electron chi connectivity index (χ4n) is 8.62. The second kappa shape index (κ2) is 14.5. The second-order valence-corrected chi connectivity index (χ2v) is 14.3. The first-order chi connectivity index (χ1) is 27.8. The molecule has 56 heavy (non-hydrogen) atoms. The van der Waals surface area contributed by atoms with Crippen LogP contribution in [0.4, 0.5) is 0 Å². The summed E-state index contributed by atoms with van der Waals surface area (Å²) in [7, 11) is 0. The Labute approximate surface area is 328 Å². The van der Waals surface area contributed by atoms with Crippen molar-refractivity contribution >= 4 is 67.4 Å². The molecule has 10 aromatic carbocycles. The lowest BCUT2D eigenvalue weighted by atomic mass is 9.80. The van der Waals surface area contributed by atoms with Crippen LogP contribution in [0.2, 0.25) is 0 Å². The van der Waals surface area contributed by atoms with E-state index >= 15 is 0 Å². The van der Waals surface area contributed by atoms with Gasteiger partial charge in [-0.15, -0.1) is 0 Å². The Balaban J connectivity index is 1.27. The van der Waals surface area contributed by atoms with Crippen LogP contribution in [0.25, 0.3) is 101 Å². The molecule has 0 aromatic heterocycles. The molecule has 0 aliphatic rings. The van der Waals surface area contributed by atoms with Gasteiger partial charge < -0.3 is 0 Å². The quantitative estimate of drug-likeness (QED) is 0.114. The average Bonchev–Trinajstić information content (AvgIpc) is 3.27. The molecule has 262 valence electrons. The molecule has 0 aliphatic carbocycles. The molecule has 0 spiro atoms. The fourth-order valence-corrected chi connectivity index (χ4v) is 8.62. The fraction of sp³-hybridized carbons (Fsp3) is 0. The Morgan fingerprint density at radius 2 is 0.446 bits per heavy atom. The molecule has 0 fully saturated rings. The Bertz CT molecular complexity index is 2780. The van der Waals surface area contributed by atoms with E-state index in [0.29, 0.717) is 0 Å². The highest BCUT2D eigenvalue weighted by Crippen LogP contribution is 2.50. The number of hydrogen-bond donors (Lipinski definition) is 0. The average molecular weight is 711 g/mol. The Kier molecular flexibility index (Phi) is 8.63. The highest BCUT2D eigenvalue weighted by atomic mass is 14.3. The molecule has 0 atom stereocenters. The smallest absolute Gasteiger partial charge is 0.00139 e. The molecule has 10 aromatic rings. The van der Waals surface area contributed by atoms with Gasteiger partial charge in [0.15, 0.2) is 0 Å². The van der Waals surface area contributed by atoms with Crippen molar-refractivity contribution in [1.82, 2.24) is 0 Å². The summed E-state index contributed by atoms with van der Waals surface area (Å²) in [5.74, 6) is 0. The van der Waals surface area contributed by atoms with E-state index in [1.807, 2.05) is 0 Å². The van der Waals surface area contributed by atoms with Crippen LogP contribution >= 0.6 is 0 Å². The van der Waals surface area contributed by atoms with Gasteiger partial charge in [-0.3, -0.25) is 0 Å². The molecule has 0 heterocycles. The molecule has 0 saturated carbocycles. The van der Waals surface area contributed by atoms with Gasteiger partial charge in [0.05, 0.1) is 0 Å². The molecule has 10 rings (SSSR count). The van der Waals surface area contributed by atoms with Crippen molar-refractivity contribution in [2.45, 2.75) is 0 Å². The third-order valence-corrected chi connectivity index (χ3v) is 11.1. The van der Waals surface area contributed by atoms with Crippen LogP contribution in [0.3, 0.4) is 0 Å².